The number of hydrogen-bond acceptors (Lipinski definition) is 4. The largest absolute Gasteiger partial charge is 0.496 e. The lowest BCUT2D eigenvalue weighted by molar-refractivity contribution is -0.123. The molecule has 1 unspecified atom stereocenters. The van der Waals surface area contributed by atoms with Crippen molar-refractivity contribution >= 4 is 17.4 Å². The number of amides is 1. The first-order valence-corrected chi connectivity index (χ1v) is 8.60. The van der Waals surface area contributed by atoms with Gasteiger partial charge >= 0.3 is 0 Å². The van der Waals surface area contributed by atoms with Crippen LogP contribution in [0.15, 0.2) is 53.7 Å². The van der Waals surface area contributed by atoms with E-state index in [1.54, 1.807) is 24.1 Å². The predicted octanol–water partition coefficient (Wildman–Crippen LogP) is 2.70. The van der Waals surface area contributed by atoms with E-state index in [4.69, 9.17) is 15.3 Å². The highest BCUT2D eigenvalue weighted by Gasteiger charge is 2.28. The summed E-state index contributed by atoms with van der Waals surface area (Å²) in [7, 11) is 1.56. The highest BCUT2D eigenvalue weighted by Crippen LogP contribution is 2.30. The van der Waals surface area contributed by atoms with Crippen molar-refractivity contribution in [1.82, 2.24) is 0 Å². The lowest BCUT2D eigenvalue weighted by Crippen LogP contribution is -2.43. The summed E-state index contributed by atoms with van der Waals surface area (Å²) in [6, 6.07) is 15.3. The molecule has 0 bridgehead atoms. The maximum Gasteiger partial charge on any atom is 0.268 e. The Labute approximate surface area is 153 Å². The minimum absolute atomic E-state index is 0.122. The Morgan fingerprint density at radius 1 is 1.23 bits per heavy atom. The lowest BCUT2D eigenvalue weighted by Gasteiger charge is -2.34. The molecule has 136 valence electrons. The molecule has 26 heavy (non-hydrogen) atoms. The summed E-state index contributed by atoms with van der Waals surface area (Å²) in [6.45, 7) is 1.87. The SMILES string of the molecule is COc1ccccc1/C(N)=N/OCC(=O)N1c2ccccc2CCC1C. The molecule has 1 atom stereocenters. The van der Waals surface area contributed by atoms with Crippen molar-refractivity contribution in [3.8, 4) is 5.75 Å². The fourth-order valence-electron chi connectivity index (χ4n) is 3.20. The summed E-state index contributed by atoms with van der Waals surface area (Å²) >= 11 is 0. The third kappa shape index (κ3) is 3.64. The summed E-state index contributed by atoms with van der Waals surface area (Å²) in [4.78, 5) is 19.7. The van der Waals surface area contributed by atoms with Gasteiger partial charge in [-0.1, -0.05) is 35.5 Å². The number of anilines is 1. The number of nitrogens with zero attached hydrogens (tertiary/aromatic N) is 2. The number of aryl methyl sites for hydroxylation is 1. The van der Waals surface area contributed by atoms with Crippen molar-refractivity contribution in [2.24, 2.45) is 10.9 Å². The van der Waals surface area contributed by atoms with E-state index in [0.29, 0.717) is 11.3 Å². The normalized spacial score (nSPS) is 16.8. The number of oxime groups is 1. The minimum Gasteiger partial charge on any atom is -0.496 e. The van der Waals surface area contributed by atoms with Crippen LogP contribution in [0.5, 0.6) is 5.75 Å². The maximum absolute atomic E-state index is 12.7. The number of nitrogens with two attached hydrogens (primary N) is 1. The van der Waals surface area contributed by atoms with E-state index in [-0.39, 0.29) is 24.4 Å². The van der Waals surface area contributed by atoms with Gasteiger partial charge < -0.3 is 20.2 Å². The van der Waals surface area contributed by atoms with Gasteiger partial charge in [-0.3, -0.25) is 4.79 Å². The molecule has 0 spiro atoms. The van der Waals surface area contributed by atoms with Crippen LogP contribution < -0.4 is 15.4 Å². The van der Waals surface area contributed by atoms with Crippen molar-refractivity contribution in [3.63, 3.8) is 0 Å². The Kier molecular flexibility index (Phi) is 5.41. The number of carbonyl (C=O) groups is 1. The van der Waals surface area contributed by atoms with Crippen LogP contribution in [-0.4, -0.2) is 31.5 Å². The number of amidine groups is 1. The summed E-state index contributed by atoms with van der Waals surface area (Å²) in [5.74, 6) is 0.630. The quantitative estimate of drug-likeness (QED) is 0.509. The van der Waals surface area contributed by atoms with E-state index in [1.807, 2.05) is 37.3 Å². The fourth-order valence-corrected chi connectivity index (χ4v) is 3.20. The molecule has 1 aliphatic rings. The first-order valence-electron chi connectivity index (χ1n) is 8.60. The number of methoxy groups -OCH3 is 1. The summed E-state index contributed by atoms with van der Waals surface area (Å²) < 4.78 is 5.25. The van der Waals surface area contributed by atoms with E-state index in [2.05, 4.69) is 11.2 Å². The number of ether oxygens (including phenoxy) is 1. The van der Waals surface area contributed by atoms with Gasteiger partial charge in [0.25, 0.3) is 5.91 Å². The Morgan fingerprint density at radius 3 is 2.77 bits per heavy atom. The van der Waals surface area contributed by atoms with Crippen molar-refractivity contribution < 1.29 is 14.4 Å². The third-order valence-corrected chi connectivity index (χ3v) is 4.53. The summed E-state index contributed by atoms with van der Waals surface area (Å²) in [5.41, 5.74) is 8.71. The highest BCUT2D eigenvalue weighted by atomic mass is 16.6. The second-order valence-corrected chi connectivity index (χ2v) is 6.23. The molecule has 1 aliphatic heterocycles. The molecule has 1 amide bonds. The lowest BCUT2D eigenvalue weighted by atomic mass is 9.96. The molecule has 0 saturated heterocycles. The molecule has 3 rings (SSSR count). The average molecular weight is 353 g/mol. The van der Waals surface area contributed by atoms with E-state index < -0.39 is 0 Å². The van der Waals surface area contributed by atoms with E-state index in [9.17, 15) is 4.79 Å². The molecule has 6 nitrogen and oxygen atoms in total. The minimum atomic E-state index is -0.172. The van der Waals surface area contributed by atoms with Gasteiger partial charge in [0.05, 0.1) is 12.7 Å². The molecule has 6 heteroatoms. The predicted molar refractivity (Wildman–Crippen MR) is 101 cm³/mol. The van der Waals surface area contributed by atoms with Crippen molar-refractivity contribution in [3.05, 3.63) is 59.7 Å². The molecular weight excluding hydrogens is 330 g/mol. The van der Waals surface area contributed by atoms with Crippen molar-refractivity contribution in [2.45, 2.75) is 25.8 Å². The summed E-state index contributed by atoms with van der Waals surface area (Å²) in [5, 5.41) is 3.89. The molecule has 2 aromatic rings. The third-order valence-electron chi connectivity index (χ3n) is 4.53. The van der Waals surface area contributed by atoms with Gasteiger partial charge in [0.2, 0.25) is 0 Å². The fraction of sp³-hybridized carbons (Fsp3) is 0.300. The number of hydrogen-bond donors (Lipinski definition) is 1. The van der Waals surface area contributed by atoms with Crippen LogP contribution in [0.1, 0.15) is 24.5 Å². The number of rotatable bonds is 5. The van der Waals surface area contributed by atoms with Gasteiger partial charge in [-0.25, -0.2) is 0 Å². The van der Waals surface area contributed by atoms with E-state index >= 15 is 0 Å². The van der Waals surface area contributed by atoms with Gasteiger partial charge in [-0.2, -0.15) is 0 Å². The Hall–Kier alpha value is -3.02. The van der Waals surface area contributed by atoms with Crippen molar-refractivity contribution in [1.29, 1.82) is 0 Å². The zero-order valence-corrected chi connectivity index (χ0v) is 15.0. The average Bonchev–Trinajstić information content (AvgIpc) is 2.67. The molecule has 0 radical (unpaired) electrons. The van der Waals surface area contributed by atoms with Crippen LogP contribution in [0, 0.1) is 0 Å². The zero-order valence-electron chi connectivity index (χ0n) is 15.0. The highest BCUT2D eigenvalue weighted by molar-refractivity contribution is 6.00. The van der Waals surface area contributed by atoms with Crippen LogP contribution in [0.2, 0.25) is 0 Å². The van der Waals surface area contributed by atoms with Crippen LogP contribution in [0.3, 0.4) is 0 Å². The van der Waals surface area contributed by atoms with Crippen LogP contribution in [-0.2, 0) is 16.1 Å². The second kappa shape index (κ2) is 7.91. The van der Waals surface area contributed by atoms with Gasteiger partial charge in [0, 0.05) is 11.7 Å². The second-order valence-electron chi connectivity index (χ2n) is 6.23. The number of fused-ring (bicyclic) bond motifs is 1. The molecule has 2 aromatic carbocycles. The van der Waals surface area contributed by atoms with Crippen LogP contribution in [0.25, 0.3) is 0 Å². The van der Waals surface area contributed by atoms with Gasteiger partial charge in [0.15, 0.2) is 12.4 Å². The van der Waals surface area contributed by atoms with Gasteiger partial charge in [0.1, 0.15) is 5.75 Å². The first kappa shape index (κ1) is 17.8. The Morgan fingerprint density at radius 2 is 1.96 bits per heavy atom. The standard InChI is InChI=1S/C20H23N3O3/c1-14-11-12-15-7-3-5-9-17(15)23(14)19(24)13-26-22-20(21)16-8-4-6-10-18(16)25-2/h3-10,14H,11-13H2,1-2H3,(H2,21,22). The number of benzene rings is 2. The first-order chi connectivity index (χ1) is 12.6. The molecular formula is C20H23N3O3. The Bertz CT molecular complexity index is 819. The maximum atomic E-state index is 12.7. The van der Waals surface area contributed by atoms with Gasteiger partial charge in [-0.15, -0.1) is 0 Å². The topological polar surface area (TPSA) is 77.1 Å². The molecule has 2 N–H and O–H groups in total. The van der Waals surface area contributed by atoms with Gasteiger partial charge in [-0.05, 0) is 43.5 Å². The smallest absolute Gasteiger partial charge is 0.268 e. The summed E-state index contributed by atoms with van der Waals surface area (Å²) in [6.07, 6.45) is 1.90. The number of carbonyl (C=O) groups excluding carboxylic acids is 1. The molecule has 1 heterocycles. The van der Waals surface area contributed by atoms with E-state index in [1.165, 1.54) is 5.56 Å². The molecule has 0 aromatic heterocycles. The van der Waals surface area contributed by atoms with Crippen LogP contribution in [0.4, 0.5) is 5.69 Å². The van der Waals surface area contributed by atoms with Crippen molar-refractivity contribution in [2.75, 3.05) is 18.6 Å². The Balaban J connectivity index is 1.69. The zero-order chi connectivity index (χ0) is 18.5. The molecule has 0 saturated carbocycles. The van der Waals surface area contributed by atoms with Crippen LogP contribution >= 0.6 is 0 Å². The monoisotopic (exact) mass is 353 g/mol. The van der Waals surface area contributed by atoms with E-state index in [0.717, 1.165) is 18.5 Å². The molecule has 0 fully saturated rings. The number of para-hydroxylation sites is 2. The molecule has 0 aliphatic carbocycles.